The summed E-state index contributed by atoms with van der Waals surface area (Å²) in [5.74, 6) is -9.61. The molecule has 0 spiro atoms. The molecule has 1 aromatic carbocycles. The molecular formula is C57H88N14O15S3. The number of guanidine groups is 1. The van der Waals surface area contributed by atoms with Gasteiger partial charge in [0.1, 0.15) is 72.9 Å². The number of oxime groups is 1. The first-order chi connectivity index (χ1) is 42.5. The van der Waals surface area contributed by atoms with Crippen molar-refractivity contribution < 1.29 is 77.5 Å². The molecule has 1 aromatic rings. The lowest BCUT2D eigenvalue weighted by atomic mass is 9.96. The van der Waals surface area contributed by atoms with Gasteiger partial charge < -0.3 is 77.3 Å². The molecule has 10 amide bonds. The number of thioether (sulfide) groups is 3. The number of rotatable bonds is 13. The van der Waals surface area contributed by atoms with Gasteiger partial charge in [-0.25, -0.2) is 0 Å². The molecule has 0 saturated carbocycles. The van der Waals surface area contributed by atoms with E-state index >= 15 is 4.79 Å². The van der Waals surface area contributed by atoms with Gasteiger partial charge in [0.2, 0.25) is 53.2 Å². The van der Waals surface area contributed by atoms with Crippen LogP contribution in [0, 0.1) is 5.92 Å². The maximum Gasteiger partial charge on any atom is 0.338 e. The fraction of sp³-hybridized carbons (Fsp3) is 0.667. The Balaban J connectivity index is 1.58. The van der Waals surface area contributed by atoms with Gasteiger partial charge in [0, 0.05) is 48.5 Å². The Morgan fingerprint density at radius 3 is 1.92 bits per heavy atom. The molecule has 0 aliphatic carbocycles. The Labute approximate surface area is 530 Å². The zero-order valence-electron chi connectivity index (χ0n) is 50.9. The standard InChI is InChI=1S/C57H88N14O15S3/c1-5-32(2)46-56(84)71-19-12-15-43(71)53(81)69-47(33(3)72)54(82)66-40(48(58)76)30-88-28-34-23-35-25-36(24-34)85-20-8-6-7-9-21-86-62-27-44(73)63-37(13-10-17-61-57(59)60)49(77)67-41(31-89-29-35)55(83)70-18-11-14-42(70)52(80)64-38(16-22-87-4)50(78)65-39(26-45(74)75)51(79)68-46/h23-25,27,32-33,37-43,46-47,72H,5-22,26,28-31H2,1-4H3,(H2,58,76)(H,63,73)(H,64,80)(H,65,78)(H,66,82)(H,67,77)(H,68,79)(H,69,81)(H,74,75)(H4,59,60,61)/b62-27+/t32-,33+,37-,38-,39-,40-,41-,42-,43-,46-,47-/m0/s1. The number of aliphatic hydroxyl groups is 1. The summed E-state index contributed by atoms with van der Waals surface area (Å²) in [6.45, 7) is 5.50. The van der Waals surface area contributed by atoms with E-state index in [-0.39, 0.29) is 87.3 Å². The highest BCUT2D eigenvalue weighted by Gasteiger charge is 2.43. The van der Waals surface area contributed by atoms with E-state index in [1.165, 1.54) is 52.0 Å². The lowest BCUT2D eigenvalue weighted by Crippen LogP contribution is -2.78. The third-order valence-electron chi connectivity index (χ3n) is 15.4. The molecule has 0 unspecified atom stereocenters. The van der Waals surface area contributed by atoms with Crippen molar-refractivity contribution >= 4 is 113 Å². The predicted molar refractivity (Wildman–Crippen MR) is 332 cm³/mol. The Hall–Kier alpha value is -7.06. The van der Waals surface area contributed by atoms with E-state index in [9.17, 15) is 58.2 Å². The number of ether oxygens (including phenoxy) is 1. The second-order valence-corrected chi connectivity index (χ2v) is 25.5. The molecule has 89 heavy (non-hydrogen) atoms. The number of aliphatic hydroxyl groups excluding tert-OH is 1. The summed E-state index contributed by atoms with van der Waals surface area (Å²) < 4.78 is 6.26. The van der Waals surface area contributed by atoms with E-state index in [2.05, 4.69) is 47.4 Å². The molecule has 29 nitrogen and oxygen atoms in total. The number of carboxylic acids is 1. The zero-order chi connectivity index (χ0) is 65.2. The van der Waals surface area contributed by atoms with Crippen LogP contribution in [0.3, 0.4) is 0 Å². The number of benzene rings is 1. The molecule has 4 bridgehead atoms. The lowest BCUT2D eigenvalue weighted by molar-refractivity contribution is -0.459. The van der Waals surface area contributed by atoms with Crippen LogP contribution in [-0.4, -0.2) is 209 Å². The summed E-state index contributed by atoms with van der Waals surface area (Å²) in [5.41, 5.74) is 18.5. The first kappa shape index (κ1) is 72.7. The van der Waals surface area contributed by atoms with Crippen molar-refractivity contribution in [2.24, 2.45) is 28.3 Å². The highest BCUT2D eigenvalue weighted by molar-refractivity contribution is 7.99. The lowest BCUT2D eigenvalue weighted by Gasteiger charge is -2.33. The second-order valence-electron chi connectivity index (χ2n) is 22.4. The van der Waals surface area contributed by atoms with E-state index in [0.717, 1.165) is 30.2 Å². The Bertz CT molecular complexity index is 2710. The summed E-state index contributed by atoms with van der Waals surface area (Å²) in [7, 11) is 0. The maximum atomic E-state index is 15.1. The van der Waals surface area contributed by atoms with Crippen molar-refractivity contribution in [2.45, 2.75) is 176 Å². The van der Waals surface area contributed by atoms with Crippen molar-refractivity contribution in [1.82, 2.24) is 47.0 Å². The number of hydrogen-bond donors (Lipinski definition) is 12. The van der Waals surface area contributed by atoms with Crippen molar-refractivity contribution in [3.05, 3.63) is 29.3 Å². The van der Waals surface area contributed by atoms with Gasteiger partial charge in [0.15, 0.2) is 0 Å². The number of carbonyl (C=O) groups is 11. The molecular weight excluding hydrogens is 1220 g/mol. The number of aliphatic carboxylic acids is 1. The first-order valence-electron chi connectivity index (χ1n) is 30.1. The molecule has 0 radical (unpaired) electrons. The average Bonchev–Trinajstić information content (AvgIpc) is 2.33. The van der Waals surface area contributed by atoms with Gasteiger partial charge in [0.05, 0.1) is 19.3 Å². The molecule has 5 rings (SSSR count). The minimum Gasteiger partial charge on any atom is -0.550 e. The van der Waals surface area contributed by atoms with Crippen LogP contribution in [0.25, 0.3) is 0 Å². The van der Waals surface area contributed by atoms with Crippen LogP contribution >= 0.6 is 35.3 Å². The minimum atomic E-state index is -1.86. The van der Waals surface area contributed by atoms with Gasteiger partial charge in [-0.2, -0.15) is 35.3 Å². The number of carboxylic acid groups (broad SMARTS) is 1. The number of nitrogens with two attached hydrogens (primary N) is 3. The zero-order valence-corrected chi connectivity index (χ0v) is 53.3. The van der Waals surface area contributed by atoms with E-state index in [4.69, 9.17) is 26.8 Å². The topological polar surface area (TPSA) is 445 Å². The fourth-order valence-corrected chi connectivity index (χ4v) is 12.9. The van der Waals surface area contributed by atoms with E-state index in [1.54, 1.807) is 20.1 Å². The molecule has 2 fully saturated rings. The fourth-order valence-electron chi connectivity index (χ4n) is 10.4. The van der Waals surface area contributed by atoms with Gasteiger partial charge in [0.25, 0.3) is 5.91 Å². The van der Waals surface area contributed by atoms with Crippen LogP contribution < -0.4 is 69.3 Å². The summed E-state index contributed by atoms with van der Waals surface area (Å²) in [6, 6.07) is -6.95. The molecule has 15 N–H and O–H groups in total. The first-order valence-corrected chi connectivity index (χ1v) is 33.8. The van der Waals surface area contributed by atoms with Crippen LogP contribution in [0.2, 0.25) is 0 Å². The third kappa shape index (κ3) is 23.4. The Morgan fingerprint density at radius 2 is 1.30 bits per heavy atom. The van der Waals surface area contributed by atoms with Crippen LogP contribution in [0.15, 0.2) is 23.4 Å². The molecule has 2 saturated heterocycles. The highest BCUT2D eigenvalue weighted by atomic mass is 32.2. The number of hydrogen-bond acceptors (Lipinski definition) is 19. The van der Waals surface area contributed by atoms with E-state index < -0.39 is 138 Å². The number of amides is 10. The molecule has 11 atom stereocenters. The number of nitrogens with zero attached hydrogens (tertiary/aromatic N) is 3. The van der Waals surface area contributed by atoms with E-state index in [0.29, 0.717) is 50.2 Å². The predicted octanol–water partition coefficient (Wildman–Crippen LogP) is -4.56. The normalized spacial score (nSPS) is 26.9. The number of fused-ring (bicyclic) bond motifs is 7. The van der Waals surface area contributed by atoms with Crippen molar-refractivity contribution in [2.75, 3.05) is 56.4 Å². The molecule has 494 valence electrons. The molecule has 4 heterocycles. The minimum absolute atomic E-state index is 0.0217. The van der Waals surface area contributed by atoms with Crippen LogP contribution in [0.5, 0.6) is 5.75 Å². The number of nitrogens with one attached hydrogen (secondary N) is 8. The maximum absolute atomic E-state index is 15.1. The van der Waals surface area contributed by atoms with Gasteiger partial charge >= 0.3 is 5.96 Å². The Kier molecular flexibility index (Phi) is 30.4. The van der Waals surface area contributed by atoms with Crippen LogP contribution in [0.4, 0.5) is 0 Å². The summed E-state index contributed by atoms with van der Waals surface area (Å²) >= 11 is 3.84. The highest BCUT2D eigenvalue weighted by Crippen LogP contribution is 2.28. The average molecular weight is 1310 g/mol. The molecule has 32 heteroatoms. The van der Waals surface area contributed by atoms with Crippen molar-refractivity contribution in [3.63, 3.8) is 0 Å². The SMILES string of the molecule is CC[C@H](C)[C@@H]1NC(=O)[C@H](CC(=O)[O-])NC(=O)[C@H](CCSC)NC(=O)[C@@H]2CCCN2C(=O)[C@@H]2CSCc3cc(cc(c3)OCCCCCCO/N=C/C(=O)N[C@@H](CCC[NH+]=C(N)N)C(=O)N2)CSC[C@@H](C(N)=O)NC(=O)[C@H]([C@@H](C)O)NC(=O)[C@@H]2CCCN2C1=O. The second kappa shape index (κ2) is 37.2. The van der Waals surface area contributed by atoms with Crippen LogP contribution in [0.1, 0.15) is 115 Å². The monoisotopic (exact) mass is 1300 g/mol. The van der Waals surface area contributed by atoms with E-state index in [1.807, 2.05) is 18.2 Å². The molecule has 0 aromatic heterocycles. The largest absolute Gasteiger partial charge is 0.550 e. The Morgan fingerprint density at radius 1 is 0.719 bits per heavy atom. The van der Waals surface area contributed by atoms with Gasteiger partial charge in [-0.15, -0.1) is 0 Å². The smallest absolute Gasteiger partial charge is 0.338 e. The van der Waals surface area contributed by atoms with Gasteiger partial charge in [-0.3, -0.25) is 64.4 Å². The summed E-state index contributed by atoms with van der Waals surface area (Å²) in [4.78, 5) is 164. The van der Waals surface area contributed by atoms with Crippen molar-refractivity contribution in [3.8, 4) is 5.75 Å². The van der Waals surface area contributed by atoms with Crippen LogP contribution in [-0.2, 0) is 69.1 Å². The quantitative estimate of drug-likeness (QED) is 0.0503. The van der Waals surface area contributed by atoms with Gasteiger partial charge in [-0.05, 0) is 119 Å². The summed E-state index contributed by atoms with van der Waals surface area (Å²) in [5, 5.41) is 45.3. The number of carbonyl (C=O) groups excluding carboxylic acids is 11. The molecule has 4 aliphatic heterocycles. The molecule has 4 aliphatic rings. The summed E-state index contributed by atoms with van der Waals surface area (Å²) in [6.07, 6.45) is 4.42. The number of primary amides is 1. The van der Waals surface area contributed by atoms with Gasteiger partial charge in [-0.1, -0.05) is 31.5 Å². The third-order valence-corrected chi connectivity index (χ3v) is 18.3. The van der Waals surface area contributed by atoms with Crippen molar-refractivity contribution in [1.29, 1.82) is 0 Å².